The average Bonchev–Trinajstić information content (AvgIpc) is 2.66. The van der Waals surface area contributed by atoms with Crippen molar-refractivity contribution in [2.45, 2.75) is 51.9 Å². The molecule has 130 valence electrons. The molecule has 1 aliphatic heterocycles. The lowest BCUT2D eigenvalue weighted by molar-refractivity contribution is -0.297. The van der Waals surface area contributed by atoms with Crippen LogP contribution in [0.3, 0.4) is 0 Å². The molecule has 7 heteroatoms. The van der Waals surface area contributed by atoms with Crippen LogP contribution in [0.25, 0.3) is 0 Å². The van der Waals surface area contributed by atoms with Crippen LogP contribution in [0.2, 0.25) is 5.02 Å². The van der Waals surface area contributed by atoms with Gasteiger partial charge in [0.15, 0.2) is 0 Å². The highest BCUT2D eigenvalue weighted by Gasteiger charge is 2.50. The molecule has 1 saturated heterocycles. The van der Waals surface area contributed by atoms with E-state index in [1.54, 1.807) is 0 Å². The minimum Gasteiger partial charge on any atom is -0.381 e. The number of nitrogens with one attached hydrogen (secondary N) is 1. The maximum Gasteiger partial charge on any atom is 0.206 e. The van der Waals surface area contributed by atoms with Gasteiger partial charge in [-0.15, -0.1) is 0 Å². The highest BCUT2D eigenvalue weighted by atomic mass is 35.5. The van der Waals surface area contributed by atoms with E-state index in [-0.39, 0.29) is 17.3 Å². The molecule has 1 unspecified atom stereocenters. The van der Waals surface area contributed by atoms with Crippen molar-refractivity contribution in [2.24, 2.45) is 0 Å². The van der Waals surface area contributed by atoms with Gasteiger partial charge in [0.1, 0.15) is 6.10 Å². The van der Waals surface area contributed by atoms with Crippen LogP contribution < -0.4 is 10.6 Å². The Bertz CT molecular complexity index is 537. The van der Waals surface area contributed by atoms with Gasteiger partial charge < -0.3 is 14.4 Å². The number of hydrogen-bond acceptors (Lipinski definition) is 5. The molecular weight excluding hydrogens is 337 g/mol. The van der Waals surface area contributed by atoms with E-state index in [0.29, 0.717) is 11.6 Å². The molecule has 0 radical (unpaired) electrons. The molecular formula is C16H25ClNO4P. The Labute approximate surface area is 144 Å². The fraction of sp³-hybridized carbons (Fsp3) is 0.625. The SMILES string of the molecule is COOC(C)CNc1ccc(P2OC(C)(C)C(C)(C)O2)cc1Cl. The topological polar surface area (TPSA) is 49.0 Å². The van der Waals surface area contributed by atoms with Crippen molar-refractivity contribution in [3.63, 3.8) is 0 Å². The van der Waals surface area contributed by atoms with E-state index < -0.39 is 8.38 Å². The number of rotatable bonds is 6. The average molecular weight is 362 g/mol. The van der Waals surface area contributed by atoms with Gasteiger partial charge >= 0.3 is 0 Å². The molecule has 0 aliphatic carbocycles. The Morgan fingerprint density at radius 1 is 1.22 bits per heavy atom. The minimum atomic E-state index is -1.13. The van der Waals surface area contributed by atoms with Crippen LogP contribution in [0.4, 0.5) is 5.69 Å². The van der Waals surface area contributed by atoms with Gasteiger partial charge in [0.25, 0.3) is 0 Å². The van der Waals surface area contributed by atoms with E-state index in [4.69, 9.17) is 25.5 Å². The summed E-state index contributed by atoms with van der Waals surface area (Å²) in [5.41, 5.74) is 0.166. The first-order chi connectivity index (χ1) is 10.7. The molecule has 5 nitrogen and oxygen atoms in total. The number of benzene rings is 1. The molecule has 1 aliphatic rings. The molecule has 23 heavy (non-hydrogen) atoms. The summed E-state index contributed by atoms with van der Waals surface area (Å²) in [6.45, 7) is 10.7. The third kappa shape index (κ3) is 4.36. The zero-order chi connectivity index (χ0) is 17.3. The normalized spacial score (nSPS) is 21.3. The van der Waals surface area contributed by atoms with Crippen LogP contribution in [0.1, 0.15) is 34.6 Å². The quantitative estimate of drug-likeness (QED) is 0.466. The van der Waals surface area contributed by atoms with Gasteiger partial charge in [-0.25, -0.2) is 9.78 Å². The van der Waals surface area contributed by atoms with E-state index in [2.05, 4.69) is 10.2 Å². The largest absolute Gasteiger partial charge is 0.381 e. The van der Waals surface area contributed by atoms with Crippen LogP contribution in [0.5, 0.6) is 0 Å². The van der Waals surface area contributed by atoms with Crippen LogP contribution in [0.15, 0.2) is 18.2 Å². The summed E-state index contributed by atoms with van der Waals surface area (Å²) in [7, 11) is 0.362. The summed E-state index contributed by atoms with van der Waals surface area (Å²) in [6, 6.07) is 5.82. The van der Waals surface area contributed by atoms with Gasteiger partial charge in [-0.3, -0.25) is 0 Å². The van der Waals surface area contributed by atoms with E-state index >= 15 is 0 Å². The van der Waals surface area contributed by atoms with Crippen molar-refractivity contribution in [2.75, 3.05) is 19.0 Å². The van der Waals surface area contributed by atoms with Gasteiger partial charge in [0.05, 0.1) is 29.0 Å². The van der Waals surface area contributed by atoms with E-state index in [0.717, 1.165) is 11.0 Å². The predicted molar refractivity (Wildman–Crippen MR) is 94.4 cm³/mol. The zero-order valence-electron chi connectivity index (χ0n) is 14.5. The van der Waals surface area contributed by atoms with Gasteiger partial charge in [0.2, 0.25) is 8.38 Å². The van der Waals surface area contributed by atoms with E-state index in [1.807, 2.05) is 52.8 Å². The third-order valence-corrected chi connectivity index (χ3v) is 6.33. The van der Waals surface area contributed by atoms with E-state index in [1.165, 1.54) is 7.11 Å². The van der Waals surface area contributed by atoms with Crippen molar-refractivity contribution < 1.29 is 18.8 Å². The molecule has 0 amide bonds. The second kappa shape index (κ2) is 7.22. The Hall–Kier alpha value is -0.420. The summed E-state index contributed by atoms with van der Waals surface area (Å²) < 4.78 is 12.2. The van der Waals surface area contributed by atoms with Crippen molar-refractivity contribution in [1.82, 2.24) is 0 Å². The maximum absolute atomic E-state index is 6.38. The number of anilines is 1. The molecule has 1 aromatic carbocycles. The molecule has 1 atom stereocenters. The van der Waals surface area contributed by atoms with Crippen molar-refractivity contribution >= 4 is 31.0 Å². The Kier molecular flexibility index (Phi) is 5.94. The summed E-state index contributed by atoms with van der Waals surface area (Å²) in [5, 5.41) is 4.83. The Morgan fingerprint density at radius 2 is 1.83 bits per heavy atom. The van der Waals surface area contributed by atoms with Crippen LogP contribution in [0, 0.1) is 0 Å². The number of halogens is 1. The minimum absolute atomic E-state index is 0.0804. The highest BCUT2D eigenvalue weighted by Crippen LogP contribution is 2.57. The van der Waals surface area contributed by atoms with Crippen LogP contribution in [-0.2, 0) is 18.8 Å². The first kappa shape index (κ1) is 18.9. The Morgan fingerprint density at radius 3 is 2.35 bits per heavy atom. The first-order valence-corrected chi connectivity index (χ1v) is 9.13. The van der Waals surface area contributed by atoms with Crippen molar-refractivity contribution in [1.29, 1.82) is 0 Å². The fourth-order valence-corrected chi connectivity index (χ4v) is 4.24. The standard InChI is InChI=1S/C16H25ClNO4P/c1-11(20-19-6)10-18-14-8-7-12(9-13(14)17)23-21-15(2,3)16(4,5)22-23/h7-9,11,18H,10H2,1-6H3. The molecule has 0 saturated carbocycles. The molecule has 1 N–H and O–H groups in total. The second-order valence-electron chi connectivity index (χ2n) is 6.58. The lowest BCUT2D eigenvalue weighted by Gasteiger charge is -2.29. The van der Waals surface area contributed by atoms with Crippen molar-refractivity contribution in [3.8, 4) is 0 Å². The summed E-state index contributed by atoms with van der Waals surface area (Å²) in [6.07, 6.45) is -0.0804. The maximum atomic E-state index is 6.38. The second-order valence-corrected chi connectivity index (χ2v) is 8.38. The van der Waals surface area contributed by atoms with Gasteiger partial charge in [-0.2, -0.15) is 0 Å². The molecule has 2 rings (SSSR count). The smallest absolute Gasteiger partial charge is 0.206 e. The molecule has 0 aromatic heterocycles. The zero-order valence-corrected chi connectivity index (χ0v) is 16.1. The van der Waals surface area contributed by atoms with Gasteiger partial charge in [-0.1, -0.05) is 11.6 Å². The molecule has 1 fully saturated rings. The lowest BCUT2D eigenvalue weighted by atomic mass is 9.90. The monoisotopic (exact) mass is 361 g/mol. The molecule has 1 heterocycles. The van der Waals surface area contributed by atoms with Gasteiger partial charge in [-0.05, 0) is 52.8 Å². The summed E-state index contributed by atoms with van der Waals surface area (Å²) >= 11 is 6.38. The third-order valence-electron chi connectivity index (χ3n) is 4.08. The molecule has 0 bridgehead atoms. The van der Waals surface area contributed by atoms with Gasteiger partial charge in [0, 0.05) is 11.8 Å². The summed E-state index contributed by atoms with van der Waals surface area (Å²) in [5.74, 6) is 0. The summed E-state index contributed by atoms with van der Waals surface area (Å²) in [4.78, 5) is 9.66. The predicted octanol–water partition coefficient (Wildman–Crippen LogP) is 4.26. The Balaban J connectivity index is 2.05. The number of hydrogen-bond donors (Lipinski definition) is 1. The molecule has 1 aromatic rings. The molecule has 0 spiro atoms. The van der Waals surface area contributed by atoms with Crippen LogP contribution >= 0.6 is 20.0 Å². The van der Waals surface area contributed by atoms with Crippen molar-refractivity contribution in [3.05, 3.63) is 23.2 Å². The van der Waals surface area contributed by atoms with E-state index in [9.17, 15) is 0 Å². The first-order valence-electron chi connectivity index (χ1n) is 7.57. The fourth-order valence-electron chi connectivity index (χ4n) is 1.97. The highest BCUT2D eigenvalue weighted by molar-refractivity contribution is 7.56. The van der Waals surface area contributed by atoms with Crippen LogP contribution in [-0.4, -0.2) is 31.0 Å². The lowest BCUT2D eigenvalue weighted by Crippen LogP contribution is -2.41.